The molecule has 35 heavy (non-hydrogen) atoms. The molecule has 1 aliphatic heterocycles. The summed E-state index contributed by atoms with van der Waals surface area (Å²) < 4.78 is 0. The van der Waals surface area contributed by atoms with E-state index in [-0.39, 0.29) is 30.6 Å². The normalized spacial score (nSPS) is 15.7. The summed E-state index contributed by atoms with van der Waals surface area (Å²) in [6, 6.07) is 23.5. The first kappa shape index (κ1) is 24.7. The Hall–Kier alpha value is -3.44. The molecule has 6 heteroatoms. The molecule has 5 nitrogen and oxygen atoms in total. The number of rotatable bonds is 8. The Labute approximate surface area is 211 Å². The molecule has 0 aromatic heterocycles. The van der Waals surface area contributed by atoms with E-state index in [1.807, 2.05) is 60.7 Å². The van der Waals surface area contributed by atoms with Gasteiger partial charge in [0.05, 0.1) is 18.5 Å². The Kier molecular flexibility index (Phi) is 7.67. The maximum atomic E-state index is 13.5. The van der Waals surface area contributed by atoms with E-state index < -0.39 is 6.04 Å². The Morgan fingerprint density at radius 1 is 0.971 bits per heavy atom. The van der Waals surface area contributed by atoms with Gasteiger partial charge in [0.1, 0.15) is 6.04 Å². The molecule has 1 atom stereocenters. The Bertz CT molecular complexity index is 1210. The molecule has 4 rings (SSSR count). The second kappa shape index (κ2) is 10.9. The fourth-order valence-electron chi connectivity index (χ4n) is 4.41. The monoisotopic (exact) mass is 488 g/mol. The van der Waals surface area contributed by atoms with Gasteiger partial charge in [0.15, 0.2) is 0 Å². The van der Waals surface area contributed by atoms with Gasteiger partial charge in [0, 0.05) is 11.6 Å². The molecule has 0 radical (unpaired) electrons. The van der Waals surface area contributed by atoms with Crippen LogP contribution < -0.4 is 4.90 Å². The summed E-state index contributed by atoms with van der Waals surface area (Å²) in [6.07, 6.45) is 0.667. The molecule has 0 spiro atoms. The van der Waals surface area contributed by atoms with E-state index in [9.17, 15) is 14.4 Å². The zero-order valence-corrected chi connectivity index (χ0v) is 20.7. The topological polar surface area (TPSA) is 57.7 Å². The van der Waals surface area contributed by atoms with Gasteiger partial charge in [-0.1, -0.05) is 80.0 Å². The van der Waals surface area contributed by atoms with Crippen LogP contribution in [0, 0.1) is 0 Å². The van der Waals surface area contributed by atoms with E-state index in [4.69, 9.17) is 11.6 Å². The number of nitrogens with zero attached hydrogens (tertiary/aromatic N) is 2. The molecule has 1 unspecified atom stereocenters. The van der Waals surface area contributed by atoms with Gasteiger partial charge < -0.3 is 4.90 Å². The fraction of sp³-hybridized carbons (Fsp3) is 0.276. The number of carbonyl (C=O) groups excluding carboxylic acids is 3. The number of halogens is 1. The average Bonchev–Trinajstić information content (AvgIpc) is 3.13. The smallest absolute Gasteiger partial charge is 0.257 e. The van der Waals surface area contributed by atoms with Crippen molar-refractivity contribution in [2.24, 2.45) is 0 Å². The van der Waals surface area contributed by atoms with Crippen molar-refractivity contribution < 1.29 is 14.4 Å². The number of carbonyl (C=O) groups is 3. The lowest BCUT2D eigenvalue weighted by Gasteiger charge is -2.28. The van der Waals surface area contributed by atoms with Gasteiger partial charge in [-0.15, -0.1) is 0 Å². The first-order chi connectivity index (χ1) is 16.8. The molecule has 3 aromatic rings. The Morgan fingerprint density at radius 3 is 2.31 bits per heavy atom. The Morgan fingerprint density at radius 2 is 1.66 bits per heavy atom. The number of amides is 3. The molecule has 1 heterocycles. The summed E-state index contributed by atoms with van der Waals surface area (Å²) in [5.41, 5.74) is 3.50. The van der Waals surface area contributed by atoms with Crippen LogP contribution in [0.1, 0.15) is 42.9 Å². The molecule has 180 valence electrons. The Balaban J connectivity index is 1.58. The van der Waals surface area contributed by atoms with Crippen LogP contribution in [-0.2, 0) is 27.2 Å². The third-order valence-corrected chi connectivity index (χ3v) is 6.60. The summed E-state index contributed by atoms with van der Waals surface area (Å²) in [4.78, 5) is 42.7. The van der Waals surface area contributed by atoms with E-state index in [1.165, 1.54) is 4.90 Å². The number of anilines is 1. The van der Waals surface area contributed by atoms with Crippen molar-refractivity contribution in [1.82, 2.24) is 4.90 Å². The van der Waals surface area contributed by atoms with Gasteiger partial charge in [-0.2, -0.15) is 0 Å². The van der Waals surface area contributed by atoms with Gasteiger partial charge >= 0.3 is 0 Å². The maximum absolute atomic E-state index is 13.5. The van der Waals surface area contributed by atoms with Crippen LogP contribution in [0.15, 0.2) is 78.9 Å². The van der Waals surface area contributed by atoms with Gasteiger partial charge in [-0.3, -0.25) is 14.4 Å². The molecular formula is C29H29ClN2O3. The third kappa shape index (κ3) is 5.80. The molecular weight excluding hydrogens is 460 g/mol. The first-order valence-corrected chi connectivity index (χ1v) is 12.3. The molecule has 1 saturated heterocycles. The maximum Gasteiger partial charge on any atom is 0.257 e. The van der Waals surface area contributed by atoms with Crippen molar-refractivity contribution in [3.63, 3.8) is 0 Å². The second-order valence-electron chi connectivity index (χ2n) is 9.16. The molecule has 0 N–H and O–H groups in total. The van der Waals surface area contributed by atoms with Crippen LogP contribution in [0.2, 0.25) is 5.02 Å². The summed E-state index contributed by atoms with van der Waals surface area (Å²) in [5.74, 6) is -0.488. The van der Waals surface area contributed by atoms with Gasteiger partial charge in [-0.25, -0.2) is 4.90 Å². The quantitative estimate of drug-likeness (QED) is 0.398. The number of hydrogen-bond donors (Lipinski definition) is 0. The lowest BCUT2D eigenvalue weighted by Crippen LogP contribution is -2.47. The van der Waals surface area contributed by atoms with Gasteiger partial charge in [0.2, 0.25) is 11.8 Å². The molecule has 3 aromatic carbocycles. The second-order valence-corrected chi connectivity index (χ2v) is 9.60. The van der Waals surface area contributed by atoms with Crippen LogP contribution in [0.3, 0.4) is 0 Å². The number of imide groups is 1. The number of hydrogen-bond acceptors (Lipinski definition) is 3. The lowest BCUT2D eigenvalue weighted by molar-refractivity contribution is -0.137. The predicted molar refractivity (Wildman–Crippen MR) is 138 cm³/mol. The minimum absolute atomic E-state index is 0.0269. The average molecular weight is 489 g/mol. The fourth-order valence-corrected chi connectivity index (χ4v) is 4.62. The highest BCUT2D eigenvalue weighted by Gasteiger charge is 2.44. The standard InChI is InChI=1S/C29H29ClN2O3/c1-20(2)23-11-13-25(14-12-23)32-28(34)19-26(29(32)35)31(16-15-22-9-6-10-24(30)17-22)27(33)18-21-7-4-3-5-8-21/h3-14,17,20,26H,15-16,18-19H2,1-2H3. The lowest BCUT2D eigenvalue weighted by atomic mass is 10.0. The van der Waals surface area contributed by atoms with E-state index >= 15 is 0 Å². The van der Waals surface area contributed by atoms with Crippen LogP contribution in [-0.4, -0.2) is 35.2 Å². The minimum atomic E-state index is -0.831. The first-order valence-electron chi connectivity index (χ1n) is 11.9. The van der Waals surface area contributed by atoms with Crippen molar-refractivity contribution in [2.75, 3.05) is 11.4 Å². The highest BCUT2D eigenvalue weighted by Crippen LogP contribution is 2.28. The van der Waals surface area contributed by atoms with Crippen LogP contribution >= 0.6 is 11.6 Å². The van der Waals surface area contributed by atoms with Crippen molar-refractivity contribution in [2.45, 2.75) is 45.1 Å². The van der Waals surface area contributed by atoms with E-state index in [1.54, 1.807) is 23.1 Å². The summed E-state index contributed by atoms with van der Waals surface area (Å²) in [5, 5.41) is 0.618. The molecule has 0 bridgehead atoms. The molecule has 1 aliphatic rings. The van der Waals surface area contributed by atoms with Crippen molar-refractivity contribution >= 4 is 35.0 Å². The van der Waals surface area contributed by atoms with Crippen LogP contribution in [0.5, 0.6) is 0 Å². The SMILES string of the molecule is CC(C)c1ccc(N2C(=O)CC(N(CCc3cccc(Cl)c3)C(=O)Cc3ccccc3)C2=O)cc1. The largest absolute Gasteiger partial charge is 0.329 e. The highest BCUT2D eigenvalue weighted by molar-refractivity contribution is 6.30. The van der Waals surface area contributed by atoms with Gasteiger partial charge in [0.25, 0.3) is 5.91 Å². The minimum Gasteiger partial charge on any atom is -0.329 e. The van der Waals surface area contributed by atoms with E-state index in [2.05, 4.69) is 13.8 Å². The van der Waals surface area contributed by atoms with Crippen molar-refractivity contribution in [1.29, 1.82) is 0 Å². The van der Waals surface area contributed by atoms with Gasteiger partial charge in [-0.05, 0) is 53.3 Å². The highest BCUT2D eigenvalue weighted by atomic mass is 35.5. The summed E-state index contributed by atoms with van der Waals surface area (Å²) >= 11 is 6.13. The van der Waals surface area contributed by atoms with E-state index in [0.29, 0.717) is 29.6 Å². The zero-order valence-electron chi connectivity index (χ0n) is 20.0. The van der Waals surface area contributed by atoms with Crippen molar-refractivity contribution in [3.05, 3.63) is 101 Å². The molecule has 1 fully saturated rings. The van der Waals surface area contributed by atoms with Crippen molar-refractivity contribution in [3.8, 4) is 0 Å². The van der Waals surface area contributed by atoms with Crippen LogP contribution in [0.25, 0.3) is 0 Å². The third-order valence-electron chi connectivity index (χ3n) is 6.37. The number of benzene rings is 3. The van der Waals surface area contributed by atoms with Crippen LogP contribution in [0.4, 0.5) is 5.69 Å². The van der Waals surface area contributed by atoms with E-state index in [0.717, 1.165) is 16.7 Å². The molecule has 0 saturated carbocycles. The summed E-state index contributed by atoms with van der Waals surface area (Å²) in [7, 11) is 0. The molecule has 0 aliphatic carbocycles. The predicted octanol–water partition coefficient (Wildman–Crippen LogP) is 5.41. The molecule has 3 amide bonds. The zero-order chi connectivity index (χ0) is 24.9. The summed E-state index contributed by atoms with van der Waals surface area (Å²) in [6.45, 7) is 4.50.